The summed E-state index contributed by atoms with van der Waals surface area (Å²) in [5.74, 6) is -0.763. The van der Waals surface area contributed by atoms with Gasteiger partial charge in [-0.05, 0) is 54.8 Å². The number of hydrogen-bond donors (Lipinski definition) is 4. The number of halogens is 1. The number of methoxy groups -OCH3 is 1. The monoisotopic (exact) mass is 452 g/mol. The molecular weight excluding hydrogens is 427 g/mol. The lowest BCUT2D eigenvalue weighted by atomic mass is 10.0. The molecule has 31 heavy (non-hydrogen) atoms. The second kappa shape index (κ2) is 10.1. The van der Waals surface area contributed by atoms with E-state index in [-0.39, 0.29) is 27.9 Å². The van der Waals surface area contributed by atoms with E-state index >= 15 is 0 Å². The Labute approximate surface area is 180 Å². The minimum atomic E-state index is -4.04. The Morgan fingerprint density at radius 1 is 1.13 bits per heavy atom. The molecule has 0 aliphatic rings. The van der Waals surface area contributed by atoms with Crippen LogP contribution in [0.3, 0.4) is 0 Å². The maximum absolute atomic E-state index is 13.1. The Kier molecular flexibility index (Phi) is 7.81. The van der Waals surface area contributed by atoms with E-state index in [9.17, 15) is 22.4 Å². The molecule has 2 rings (SSSR count). The highest BCUT2D eigenvalue weighted by molar-refractivity contribution is 7.92. The van der Waals surface area contributed by atoms with Crippen LogP contribution in [0, 0.1) is 11.7 Å². The summed E-state index contributed by atoms with van der Waals surface area (Å²) in [6.07, 6.45) is 0.356. The van der Waals surface area contributed by atoms with Crippen molar-refractivity contribution in [1.82, 2.24) is 5.32 Å². The highest BCUT2D eigenvalue weighted by atomic mass is 32.2. The Morgan fingerprint density at radius 2 is 1.77 bits per heavy atom. The Balaban J connectivity index is 2.27. The van der Waals surface area contributed by atoms with E-state index in [1.807, 2.05) is 13.8 Å². The molecule has 0 bridgehead atoms. The van der Waals surface area contributed by atoms with Gasteiger partial charge in [0, 0.05) is 5.69 Å². The maximum atomic E-state index is 13.1. The summed E-state index contributed by atoms with van der Waals surface area (Å²) < 4.78 is 45.9. The molecule has 0 heterocycles. The molecule has 0 unspecified atom stereocenters. The minimum absolute atomic E-state index is 0.0629. The van der Waals surface area contributed by atoms with Gasteiger partial charge in [0.25, 0.3) is 10.0 Å². The van der Waals surface area contributed by atoms with E-state index in [0.717, 1.165) is 24.3 Å². The van der Waals surface area contributed by atoms with Crippen molar-refractivity contribution in [3.05, 3.63) is 48.3 Å². The lowest BCUT2D eigenvalue weighted by Gasteiger charge is -2.20. The summed E-state index contributed by atoms with van der Waals surface area (Å²) in [6, 6.07) is 6.98. The van der Waals surface area contributed by atoms with Crippen LogP contribution in [0.4, 0.5) is 20.6 Å². The molecule has 5 N–H and O–H groups in total. The molecule has 1 atom stereocenters. The van der Waals surface area contributed by atoms with Gasteiger partial charge in [0.2, 0.25) is 5.91 Å². The zero-order chi connectivity index (χ0) is 23.2. The first kappa shape index (κ1) is 23.9. The third-order valence-electron chi connectivity index (χ3n) is 4.18. The minimum Gasteiger partial charge on any atom is -0.495 e. The number of sulfonamides is 1. The average molecular weight is 453 g/mol. The van der Waals surface area contributed by atoms with E-state index < -0.39 is 33.8 Å². The maximum Gasteiger partial charge on any atom is 0.312 e. The van der Waals surface area contributed by atoms with Crippen LogP contribution in [-0.2, 0) is 14.8 Å². The number of nitrogens with one attached hydrogen (secondary N) is 3. The normalized spacial score (nSPS) is 12.2. The van der Waals surface area contributed by atoms with Gasteiger partial charge in [0.15, 0.2) is 0 Å². The first-order valence-corrected chi connectivity index (χ1v) is 10.8. The van der Waals surface area contributed by atoms with Gasteiger partial charge in [-0.25, -0.2) is 17.6 Å². The van der Waals surface area contributed by atoms with E-state index in [0.29, 0.717) is 6.42 Å². The third-order valence-corrected chi connectivity index (χ3v) is 5.56. The Morgan fingerprint density at radius 3 is 2.32 bits per heavy atom. The van der Waals surface area contributed by atoms with Gasteiger partial charge in [0.1, 0.15) is 17.6 Å². The molecule has 168 valence electrons. The van der Waals surface area contributed by atoms with Gasteiger partial charge in [-0.1, -0.05) is 13.8 Å². The summed E-state index contributed by atoms with van der Waals surface area (Å²) >= 11 is 0. The van der Waals surface area contributed by atoms with Crippen molar-refractivity contribution in [2.24, 2.45) is 11.7 Å². The predicted octanol–water partition coefficient (Wildman–Crippen LogP) is 2.66. The summed E-state index contributed by atoms with van der Waals surface area (Å²) in [5.41, 5.74) is 5.48. The molecule has 9 nitrogen and oxygen atoms in total. The molecule has 0 aliphatic carbocycles. The van der Waals surface area contributed by atoms with E-state index in [1.165, 1.54) is 25.3 Å². The molecule has 0 aromatic heterocycles. The van der Waals surface area contributed by atoms with Gasteiger partial charge >= 0.3 is 6.03 Å². The standard InChI is InChI=1S/C20H25FN4O5S/c1-12(2)10-17(24-20(22)27)19(26)23-14-6-9-18(30-3)16(11-14)25-31(28,29)15-7-4-13(21)5-8-15/h4-9,11-12,17,25H,10H2,1-3H3,(H,23,26)(H3,22,24,27)/t17-/m1/s1. The smallest absolute Gasteiger partial charge is 0.312 e. The highest BCUT2D eigenvalue weighted by Gasteiger charge is 2.22. The van der Waals surface area contributed by atoms with Crippen molar-refractivity contribution in [1.29, 1.82) is 0 Å². The van der Waals surface area contributed by atoms with Gasteiger partial charge in [-0.3, -0.25) is 9.52 Å². The van der Waals surface area contributed by atoms with Crippen molar-refractivity contribution in [3.63, 3.8) is 0 Å². The number of ether oxygens (including phenoxy) is 1. The van der Waals surface area contributed by atoms with Crippen LogP contribution in [0.1, 0.15) is 20.3 Å². The van der Waals surface area contributed by atoms with E-state index in [4.69, 9.17) is 10.5 Å². The Bertz CT molecular complexity index is 1040. The zero-order valence-electron chi connectivity index (χ0n) is 17.3. The number of urea groups is 1. The summed E-state index contributed by atoms with van der Waals surface area (Å²) in [4.78, 5) is 23.7. The second-order valence-corrected chi connectivity index (χ2v) is 8.84. The number of nitrogens with two attached hydrogens (primary N) is 1. The van der Waals surface area contributed by atoms with Crippen molar-refractivity contribution >= 4 is 33.3 Å². The molecule has 3 amide bonds. The third kappa shape index (κ3) is 6.85. The fourth-order valence-electron chi connectivity index (χ4n) is 2.79. The van der Waals surface area contributed by atoms with Crippen molar-refractivity contribution in [3.8, 4) is 5.75 Å². The predicted molar refractivity (Wildman–Crippen MR) is 115 cm³/mol. The zero-order valence-corrected chi connectivity index (χ0v) is 18.1. The Hall–Kier alpha value is -3.34. The summed E-state index contributed by atoms with van der Waals surface area (Å²) in [6.45, 7) is 3.78. The number of primary amides is 1. The first-order chi connectivity index (χ1) is 14.5. The molecule has 0 fully saturated rings. The number of benzene rings is 2. The van der Waals surface area contributed by atoms with E-state index in [2.05, 4.69) is 15.4 Å². The molecule has 11 heteroatoms. The highest BCUT2D eigenvalue weighted by Crippen LogP contribution is 2.30. The van der Waals surface area contributed by atoms with Crippen molar-refractivity contribution < 1.29 is 27.1 Å². The van der Waals surface area contributed by atoms with Gasteiger partial charge in [-0.2, -0.15) is 0 Å². The fraction of sp³-hybridized carbons (Fsp3) is 0.300. The van der Waals surface area contributed by atoms with Crippen LogP contribution < -0.4 is 25.8 Å². The second-order valence-electron chi connectivity index (χ2n) is 7.15. The fourth-order valence-corrected chi connectivity index (χ4v) is 3.85. The molecule has 0 saturated heterocycles. The number of rotatable bonds is 9. The van der Waals surface area contributed by atoms with Crippen LogP contribution in [0.15, 0.2) is 47.4 Å². The average Bonchev–Trinajstić information content (AvgIpc) is 2.67. The topological polar surface area (TPSA) is 140 Å². The van der Waals surface area contributed by atoms with Crippen LogP contribution in [0.2, 0.25) is 0 Å². The lowest BCUT2D eigenvalue weighted by molar-refractivity contribution is -0.118. The molecule has 0 aliphatic heterocycles. The lowest BCUT2D eigenvalue weighted by Crippen LogP contribution is -2.46. The largest absolute Gasteiger partial charge is 0.495 e. The van der Waals surface area contributed by atoms with Crippen LogP contribution in [0.5, 0.6) is 5.75 Å². The number of carbonyl (C=O) groups is 2. The van der Waals surface area contributed by atoms with Crippen LogP contribution in [-0.4, -0.2) is 33.5 Å². The number of hydrogen-bond acceptors (Lipinski definition) is 5. The van der Waals surface area contributed by atoms with Gasteiger partial charge < -0.3 is 21.1 Å². The number of amides is 3. The van der Waals surface area contributed by atoms with Crippen molar-refractivity contribution in [2.45, 2.75) is 31.2 Å². The number of anilines is 2. The van der Waals surface area contributed by atoms with Crippen molar-refractivity contribution in [2.75, 3.05) is 17.1 Å². The van der Waals surface area contributed by atoms with Crippen LogP contribution in [0.25, 0.3) is 0 Å². The number of carbonyl (C=O) groups excluding carboxylic acids is 2. The SMILES string of the molecule is COc1ccc(NC(=O)[C@@H](CC(C)C)NC(N)=O)cc1NS(=O)(=O)c1ccc(F)cc1. The molecule has 2 aromatic rings. The summed E-state index contributed by atoms with van der Waals surface area (Å²) in [7, 11) is -2.68. The summed E-state index contributed by atoms with van der Waals surface area (Å²) in [5, 5.41) is 5.02. The van der Waals surface area contributed by atoms with E-state index in [1.54, 1.807) is 0 Å². The molecule has 0 radical (unpaired) electrons. The first-order valence-electron chi connectivity index (χ1n) is 9.35. The molecule has 0 spiro atoms. The van der Waals surface area contributed by atoms with Gasteiger partial charge in [-0.15, -0.1) is 0 Å². The molecule has 2 aromatic carbocycles. The molecular formula is C20H25FN4O5S. The molecule has 0 saturated carbocycles. The van der Waals surface area contributed by atoms with Crippen LogP contribution >= 0.6 is 0 Å². The van der Waals surface area contributed by atoms with Gasteiger partial charge in [0.05, 0.1) is 17.7 Å². The quantitative estimate of drug-likeness (QED) is 0.463.